The number of benzene rings is 2. The molecule has 1 aliphatic heterocycles. The van der Waals surface area contributed by atoms with Crippen LogP contribution in [0, 0.1) is 11.7 Å². The highest BCUT2D eigenvalue weighted by Crippen LogP contribution is 2.42. The van der Waals surface area contributed by atoms with Crippen molar-refractivity contribution in [2.24, 2.45) is 5.92 Å². The molecule has 1 aliphatic rings. The van der Waals surface area contributed by atoms with Gasteiger partial charge in [0.25, 0.3) is 0 Å². The molecule has 0 aliphatic carbocycles. The Morgan fingerprint density at radius 1 is 1.09 bits per heavy atom. The Balaban J connectivity index is 1.68. The second-order valence-electron chi connectivity index (χ2n) is 8.65. The van der Waals surface area contributed by atoms with Gasteiger partial charge in [-0.1, -0.05) is 37.6 Å². The van der Waals surface area contributed by atoms with E-state index >= 15 is 0 Å². The van der Waals surface area contributed by atoms with Gasteiger partial charge in [-0.2, -0.15) is 0 Å². The molecule has 33 heavy (non-hydrogen) atoms. The molecule has 0 amide bonds. The number of carbonyl (C=O) groups is 1. The number of nitrogens with zero attached hydrogens (tertiary/aromatic N) is 1. The van der Waals surface area contributed by atoms with Crippen molar-refractivity contribution in [1.82, 2.24) is 4.90 Å². The van der Waals surface area contributed by atoms with Crippen LogP contribution in [-0.2, 0) is 16.0 Å². The van der Waals surface area contributed by atoms with E-state index < -0.39 is 0 Å². The standard InChI is InChI=1S/C27H36FNO4/c1-4-5-9-25(30)33-26(23-7-6-8-24(31-2)27(23)32-3)21-15-18-29(19-16-21)17-14-20-10-12-22(28)13-11-20/h6-8,10-13,21,26H,4-5,9,14-19H2,1-3H3/t26-/m0/s1. The number of ether oxygens (including phenoxy) is 3. The lowest BCUT2D eigenvalue weighted by atomic mass is 9.86. The number of methoxy groups -OCH3 is 2. The number of unbranched alkanes of at least 4 members (excludes halogenated alkanes) is 1. The van der Waals surface area contributed by atoms with E-state index in [2.05, 4.69) is 11.8 Å². The first-order valence-electron chi connectivity index (χ1n) is 11.9. The number of piperidine rings is 1. The van der Waals surface area contributed by atoms with Gasteiger partial charge in [-0.3, -0.25) is 4.79 Å². The molecule has 0 bridgehead atoms. The smallest absolute Gasteiger partial charge is 0.306 e. The van der Waals surface area contributed by atoms with Crippen molar-refractivity contribution < 1.29 is 23.4 Å². The summed E-state index contributed by atoms with van der Waals surface area (Å²) in [5, 5.41) is 0. The van der Waals surface area contributed by atoms with Gasteiger partial charge in [0.15, 0.2) is 11.5 Å². The zero-order valence-corrected chi connectivity index (χ0v) is 20.0. The number of halogens is 1. The maximum atomic E-state index is 13.1. The molecule has 0 radical (unpaired) electrons. The zero-order chi connectivity index (χ0) is 23.6. The van der Waals surface area contributed by atoms with Crippen molar-refractivity contribution in [3.05, 3.63) is 59.4 Å². The summed E-state index contributed by atoms with van der Waals surface area (Å²) in [6.07, 6.45) is 4.58. The molecular weight excluding hydrogens is 421 g/mol. The first-order valence-corrected chi connectivity index (χ1v) is 11.9. The Morgan fingerprint density at radius 2 is 1.82 bits per heavy atom. The molecule has 6 heteroatoms. The highest BCUT2D eigenvalue weighted by atomic mass is 19.1. The second-order valence-corrected chi connectivity index (χ2v) is 8.65. The van der Waals surface area contributed by atoms with Crippen LogP contribution in [0.15, 0.2) is 42.5 Å². The Kier molecular flexibility index (Phi) is 9.55. The average Bonchev–Trinajstić information content (AvgIpc) is 2.85. The van der Waals surface area contributed by atoms with Crippen molar-refractivity contribution in [3.8, 4) is 11.5 Å². The Morgan fingerprint density at radius 3 is 2.45 bits per heavy atom. The van der Waals surface area contributed by atoms with Gasteiger partial charge in [-0.05, 0) is 62.5 Å². The molecule has 0 N–H and O–H groups in total. The van der Waals surface area contributed by atoms with Crippen LogP contribution in [0.1, 0.15) is 56.3 Å². The summed E-state index contributed by atoms with van der Waals surface area (Å²) in [7, 11) is 3.23. The van der Waals surface area contributed by atoms with Crippen molar-refractivity contribution >= 4 is 5.97 Å². The van der Waals surface area contributed by atoms with Crippen LogP contribution in [-0.4, -0.2) is 44.7 Å². The van der Waals surface area contributed by atoms with Crippen LogP contribution < -0.4 is 9.47 Å². The van der Waals surface area contributed by atoms with Crippen molar-refractivity contribution in [2.75, 3.05) is 33.9 Å². The fraction of sp³-hybridized carbons (Fsp3) is 0.519. The summed E-state index contributed by atoms with van der Waals surface area (Å²) in [6.45, 7) is 4.86. The van der Waals surface area contributed by atoms with Gasteiger partial charge >= 0.3 is 5.97 Å². The minimum absolute atomic E-state index is 0.162. The lowest BCUT2D eigenvalue weighted by molar-refractivity contribution is -0.153. The third-order valence-corrected chi connectivity index (χ3v) is 6.42. The van der Waals surface area contributed by atoms with E-state index in [0.29, 0.717) is 17.9 Å². The van der Waals surface area contributed by atoms with E-state index in [-0.39, 0.29) is 23.8 Å². The summed E-state index contributed by atoms with van der Waals surface area (Å²) < 4.78 is 30.4. The topological polar surface area (TPSA) is 48.0 Å². The van der Waals surface area contributed by atoms with E-state index in [0.717, 1.165) is 62.9 Å². The maximum absolute atomic E-state index is 13.1. The number of rotatable bonds is 11. The van der Waals surface area contributed by atoms with Gasteiger partial charge in [-0.25, -0.2) is 4.39 Å². The Hall–Kier alpha value is -2.60. The number of para-hydroxylation sites is 1. The molecule has 0 aromatic heterocycles. The van der Waals surface area contributed by atoms with Gasteiger partial charge in [0.2, 0.25) is 0 Å². The van der Waals surface area contributed by atoms with Crippen LogP contribution in [0.5, 0.6) is 11.5 Å². The zero-order valence-electron chi connectivity index (χ0n) is 20.0. The third-order valence-electron chi connectivity index (χ3n) is 6.42. The number of carbonyl (C=O) groups excluding carboxylic acids is 1. The summed E-state index contributed by atoms with van der Waals surface area (Å²) >= 11 is 0. The molecule has 0 unspecified atom stereocenters. The molecule has 1 saturated heterocycles. The molecule has 1 fully saturated rings. The number of hydrogen-bond acceptors (Lipinski definition) is 5. The molecule has 5 nitrogen and oxygen atoms in total. The molecule has 2 aromatic rings. The molecule has 0 spiro atoms. The predicted octanol–water partition coefficient (Wildman–Crippen LogP) is 5.57. The van der Waals surface area contributed by atoms with E-state index in [9.17, 15) is 9.18 Å². The highest BCUT2D eigenvalue weighted by molar-refractivity contribution is 5.70. The second kappa shape index (κ2) is 12.6. The summed E-state index contributed by atoms with van der Waals surface area (Å²) in [6, 6.07) is 12.5. The van der Waals surface area contributed by atoms with Gasteiger partial charge in [-0.15, -0.1) is 0 Å². The Labute approximate surface area is 196 Å². The fourth-order valence-electron chi connectivity index (χ4n) is 4.49. The quantitative estimate of drug-likeness (QED) is 0.413. The monoisotopic (exact) mass is 457 g/mol. The molecular formula is C27H36FNO4. The number of esters is 1. The van der Waals surface area contributed by atoms with Gasteiger partial charge in [0.1, 0.15) is 11.9 Å². The summed E-state index contributed by atoms with van der Waals surface area (Å²) in [5.74, 6) is 1.12. The van der Waals surface area contributed by atoms with Crippen LogP contribution in [0.3, 0.4) is 0 Å². The number of hydrogen-bond donors (Lipinski definition) is 0. The lowest BCUT2D eigenvalue weighted by Gasteiger charge is -2.36. The maximum Gasteiger partial charge on any atom is 0.306 e. The fourth-order valence-corrected chi connectivity index (χ4v) is 4.49. The van der Waals surface area contributed by atoms with E-state index in [1.807, 2.05) is 30.3 Å². The van der Waals surface area contributed by atoms with Crippen molar-refractivity contribution in [2.45, 2.75) is 51.6 Å². The molecule has 2 aromatic carbocycles. The van der Waals surface area contributed by atoms with Crippen LogP contribution >= 0.6 is 0 Å². The van der Waals surface area contributed by atoms with Crippen LogP contribution in [0.25, 0.3) is 0 Å². The molecule has 0 saturated carbocycles. The SMILES string of the molecule is CCCCC(=O)O[C@H](c1cccc(OC)c1OC)C1CCN(CCc2ccc(F)cc2)CC1. The van der Waals surface area contributed by atoms with E-state index in [4.69, 9.17) is 14.2 Å². The molecule has 1 heterocycles. The largest absolute Gasteiger partial charge is 0.493 e. The van der Waals surface area contributed by atoms with Crippen molar-refractivity contribution in [3.63, 3.8) is 0 Å². The molecule has 180 valence electrons. The molecule has 3 rings (SSSR count). The lowest BCUT2D eigenvalue weighted by Crippen LogP contribution is -2.37. The first kappa shape index (κ1) is 25.0. The predicted molar refractivity (Wildman–Crippen MR) is 127 cm³/mol. The van der Waals surface area contributed by atoms with Crippen molar-refractivity contribution in [1.29, 1.82) is 0 Å². The van der Waals surface area contributed by atoms with Gasteiger partial charge < -0.3 is 19.1 Å². The van der Waals surface area contributed by atoms with Gasteiger partial charge in [0.05, 0.1) is 14.2 Å². The highest BCUT2D eigenvalue weighted by Gasteiger charge is 2.33. The minimum Gasteiger partial charge on any atom is -0.493 e. The number of likely N-dealkylation sites (tertiary alicyclic amines) is 1. The molecule has 1 atom stereocenters. The van der Waals surface area contributed by atoms with Crippen LogP contribution in [0.2, 0.25) is 0 Å². The third kappa shape index (κ3) is 6.94. The van der Waals surface area contributed by atoms with Gasteiger partial charge in [0, 0.05) is 24.4 Å². The van der Waals surface area contributed by atoms with Crippen LogP contribution in [0.4, 0.5) is 4.39 Å². The Bertz CT molecular complexity index is 878. The first-order chi connectivity index (χ1) is 16.0. The van der Waals surface area contributed by atoms with E-state index in [1.165, 1.54) is 12.1 Å². The summed E-state index contributed by atoms with van der Waals surface area (Å²) in [4.78, 5) is 15.0. The summed E-state index contributed by atoms with van der Waals surface area (Å²) in [5.41, 5.74) is 2.01. The average molecular weight is 458 g/mol. The normalized spacial score (nSPS) is 15.8. The van der Waals surface area contributed by atoms with E-state index in [1.54, 1.807) is 14.2 Å². The minimum atomic E-state index is -0.362.